The largest absolute Gasteiger partial charge is 0.398 e. The molecule has 1 aromatic rings. The van der Waals surface area contributed by atoms with Crippen LogP contribution in [0.1, 0.15) is 39.5 Å². The van der Waals surface area contributed by atoms with Crippen molar-refractivity contribution in [2.75, 3.05) is 18.8 Å². The summed E-state index contributed by atoms with van der Waals surface area (Å²) in [4.78, 5) is -0.0410. The van der Waals surface area contributed by atoms with Gasteiger partial charge in [0.15, 0.2) is 0 Å². The van der Waals surface area contributed by atoms with Gasteiger partial charge in [-0.05, 0) is 25.0 Å². The van der Waals surface area contributed by atoms with E-state index in [2.05, 4.69) is 0 Å². The lowest BCUT2D eigenvalue weighted by atomic mass is 10.3. The molecular formula is C14H22Cl2N2O2S. The number of nitrogens with two attached hydrogens (primary N) is 1. The standard InChI is InChI=1S/C14H22Cl2N2O2S/c1-3-5-7-18(8-6-4-2)21(19,20)14-12(16)9-11(15)10-13(14)17/h9-10H,3-8,17H2,1-2H3. The van der Waals surface area contributed by atoms with Crippen molar-refractivity contribution in [2.45, 2.75) is 44.4 Å². The molecule has 0 aliphatic heterocycles. The third-order valence-electron chi connectivity index (χ3n) is 3.16. The van der Waals surface area contributed by atoms with Gasteiger partial charge in [0, 0.05) is 18.1 Å². The number of nitrogens with zero attached hydrogens (tertiary/aromatic N) is 1. The van der Waals surface area contributed by atoms with Crippen molar-refractivity contribution >= 4 is 38.9 Å². The predicted octanol–water partition coefficient (Wildman–Crippen LogP) is 4.17. The van der Waals surface area contributed by atoms with Gasteiger partial charge in [-0.1, -0.05) is 49.9 Å². The summed E-state index contributed by atoms with van der Waals surface area (Å²) in [5, 5.41) is 0.392. The molecule has 1 aromatic carbocycles. The molecule has 0 aliphatic carbocycles. The fourth-order valence-electron chi connectivity index (χ4n) is 2.00. The second kappa shape index (κ2) is 8.22. The Labute approximate surface area is 137 Å². The monoisotopic (exact) mass is 352 g/mol. The van der Waals surface area contributed by atoms with E-state index in [-0.39, 0.29) is 15.6 Å². The fourth-order valence-corrected chi connectivity index (χ4v) is 4.46. The number of anilines is 1. The maximum Gasteiger partial charge on any atom is 0.246 e. The maximum absolute atomic E-state index is 12.8. The van der Waals surface area contributed by atoms with Crippen LogP contribution < -0.4 is 5.73 Å². The van der Waals surface area contributed by atoms with Gasteiger partial charge in [0.1, 0.15) is 4.90 Å². The topological polar surface area (TPSA) is 63.4 Å². The molecule has 0 radical (unpaired) electrons. The third kappa shape index (κ3) is 4.74. The zero-order valence-corrected chi connectivity index (χ0v) is 14.7. The Morgan fingerprint density at radius 1 is 1.10 bits per heavy atom. The minimum atomic E-state index is -3.71. The molecule has 0 atom stereocenters. The molecule has 0 saturated heterocycles. The lowest BCUT2D eigenvalue weighted by Crippen LogP contribution is -2.33. The average Bonchev–Trinajstić information content (AvgIpc) is 2.36. The van der Waals surface area contributed by atoms with Crippen LogP contribution in [0.5, 0.6) is 0 Å². The number of rotatable bonds is 8. The molecule has 0 amide bonds. The summed E-state index contributed by atoms with van der Waals surface area (Å²) in [6.45, 7) is 4.98. The van der Waals surface area contributed by atoms with E-state index in [1.165, 1.54) is 16.4 Å². The summed E-state index contributed by atoms with van der Waals surface area (Å²) in [5.41, 5.74) is 5.92. The molecule has 1 rings (SSSR count). The molecule has 0 saturated carbocycles. The first-order chi connectivity index (χ1) is 9.84. The zero-order valence-electron chi connectivity index (χ0n) is 12.4. The first-order valence-corrected chi connectivity index (χ1v) is 9.28. The van der Waals surface area contributed by atoms with Gasteiger partial charge in [0.2, 0.25) is 10.0 Å². The smallest absolute Gasteiger partial charge is 0.246 e. The third-order valence-corrected chi connectivity index (χ3v) is 5.80. The molecule has 0 fully saturated rings. The SMILES string of the molecule is CCCCN(CCCC)S(=O)(=O)c1c(N)cc(Cl)cc1Cl. The second-order valence-corrected chi connectivity index (χ2v) is 7.64. The van der Waals surface area contributed by atoms with Crippen molar-refractivity contribution in [3.8, 4) is 0 Å². The summed E-state index contributed by atoms with van der Waals surface area (Å²) in [5.74, 6) is 0. The number of sulfonamides is 1. The highest BCUT2D eigenvalue weighted by molar-refractivity contribution is 7.89. The summed E-state index contributed by atoms with van der Waals surface area (Å²) in [7, 11) is -3.71. The maximum atomic E-state index is 12.8. The van der Waals surface area contributed by atoms with E-state index in [9.17, 15) is 8.42 Å². The van der Waals surface area contributed by atoms with Crippen LogP contribution >= 0.6 is 23.2 Å². The molecule has 0 aromatic heterocycles. The molecule has 0 spiro atoms. The Hall–Kier alpha value is -0.490. The first-order valence-electron chi connectivity index (χ1n) is 7.09. The summed E-state index contributed by atoms with van der Waals surface area (Å²) < 4.78 is 27.1. The van der Waals surface area contributed by atoms with Gasteiger partial charge in [-0.15, -0.1) is 0 Å². The highest BCUT2D eigenvalue weighted by Gasteiger charge is 2.28. The molecule has 21 heavy (non-hydrogen) atoms. The molecular weight excluding hydrogens is 331 g/mol. The van der Waals surface area contributed by atoms with Gasteiger partial charge < -0.3 is 5.73 Å². The summed E-state index contributed by atoms with van der Waals surface area (Å²) in [6.07, 6.45) is 3.44. The Bertz CT molecular complexity index is 545. The summed E-state index contributed by atoms with van der Waals surface area (Å²) >= 11 is 11.9. The number of halogens is 2. The Kier molecular flexibility index (Phi) is 7.27. The Balaban J connectivity index is 3.21. The van der Waals surface area contributed by atoms with Gasteiger partial charge >= 0.3 is 0 Å². The zero-order chi connectivity index (χ0) is 16.0. The highest BCUT2D eigenvalue weighted by Crippen LogP contribution is 2.33. The molecule has 0 unspecified atom stereocenters. The van der Waals surface area contributed by atoms with Crippen LogP contribution in [0.25, 0.3) is 0 Å². The van der Waals surface area contributed by atoms with Gasteiger partial charge in [0.25, 0.3) is 0 Å². The van der Waals surface area contributed by atoms with E-state index in [1.54, 1.807) is 0 Å². The lowest BCUT2D eigenvalue weighted by molar-refractivity contribution is 0.395. The van der Waals surface area contributed by atoms with Crippen LogP contribution in [0.4, 0.5) is 5.69 Å². The number of hydrogen-bond donors (Lipinski definition) is 1. The van der Waals surface area contributed by atoms with Crippen LogP contribution in [0.2, 0.25) is 10.0 Å². The number of benzene rings is 1. The first kappa shape index (κ1) is 18.6. The van der Waals surface area contributed by atoms with Crippen LogP contribution in [0.15, 0.2) is 17.0 Å². The van der Waals surface area contributed by atoms with Crippen LogP contribution in [0, 0.1) is 0 Å². The van der Waals surface area contributed by atoms with E-state index >= 15 is 0 Å². The molecule has 2 N–H and O–H groups in total. The molecule has 120 valence electrons. The summed E-state index contributed by atoms with van der Waals surface area (Å²) in [6, 6.07) is 2.82. The normalized spacial score (nSPS) is 12.0. The van der Waals surface area contributed by atoms with Crippen molar-refractivity contribution in [1.29, 1.82) is 0 Å². The number of unbranched alkanes of at least 4 members (excludes halogenated alkanes) is 2. The van der Waals surface area contributed by atoms with Gasteiger partial charge in [0.05, 0.1) is 10.7 Å². The average molecular weight is 353 g/mol. The molecule has 0 heterocycles. The molecule has 7 heteroatoms. The minimum absolute atomic E-state index is 0.0410. The van der Waals surface area contributed by atoms with Gasteiger partial charge in [-0.3, -0.25) is 0 Å². The number of nitrogen functional groups attached to an aromatic ring is 1. The Morgan fingerprint density at radius 3 is 2.05 bits per heavy atom. The van der Waals surface area contributed by atoms with Gasteiger partial charge in [-0.2, -0.15) is 4.31 Å². The van der Waals surface area contributed by atoms with Crippen molar-refractivity contribution in [3.05, 3.63) is 22.2 Å². The lowest BCUT2D eigenvalue weighted by Gasteiger charge is -2.23. The van der Waals surface area contributed by atoms with E-state index in [0.29, 0.717) is 18.1 Å². The quantitative estimate of drug-likeness (QED) is 0.714. The highest BCUT2D eigenvalue weighted by atomic mass is 35.5. The van der Waals surface area contributed by atoms with Gasteiger partial charge in [-0.25, -0.2) is 8.42 Å². The molecule has 0 bridgehead atoms. The van der Waals surface area contributed by atoms with E-state index < -0.39 is 10.0 Å². The molecule has 4 nitrogen and oxygen atoms in total. The predicted molar refractivity (Wildman–Crippen MR) is 89.4 cm³/mol. The second-order valence-electron chi connectivity index (χ2n) is 4.92. The van der Waals surface area contributed by atoms with Crippen molar-refractivity contribution in [1.82, 2.24) is 4.31 Å². The van der Waals surface area contributed by atoms with Crippen LogP contribution in [-0.2, 0) is 10.0 Å². The van der Waals surface area contributed by atoms with Crippen molar-refractivity contribution in [3.63, 3.8) is 0 Å². The fraction of sp³-hybridized carbons (Fsp3) is 0.571. The van der Waals surface area contributed by atoms with Crippen molar-refractivity contribution in [2.24, 2.45) is 0 Å². The minimum Gasteiger partial charge on any atom is -0.398 e. The van der Waals surface area contributed by atoms with E-state index in [0.717, 1.165) is 25.7 Å². The molecule has 0 aliphatic rings. The van der Waals surface area contributed by atoms with Crippen LogP contribution in [0.3, 0.4) is 0 Å². The number of hydrogen-bond acceptors (Lipinski definition) is 3. The Morgan fingerprint density at radius 2 is 1.62 bits per heavy atom. The van der Waals surface area contributed by atoms with E-state index in [4.69, 9.17) is 28.9 Å². The van der Waals surface area contributed by atoms with Crippen molar-refractivity contribution < 1.29 is 8.42 Å². The van der Waals surface area contributed by atoms with E-state index in [1.807, 2.05) is 13.8 Å². The van der Waals surface area contributed by atoms with Crippen LogP contribution in [-0.4, -0.2) is 25.8 Å².